The molecule has 1 amide bonds. The summed E-state index contributed by atoms with van der Waals surface area (Å²) in [5, 5.41) is 7.54. The lowest BCUT2D eigenvalue weighted by Gasteiger charge is -2.30. The van der Waals surface area contributed by atoms with Gasteiger partial charge < -0.3 is 14.7 Å². The first-order valence-electron chi connectivity index (χ1n) is 9.18. The van der Waals surface area contributed by atoms with E-state index in [0.717, 1.165) is 25.2 Å². The number of aryl methyl sites for hydroxylation is 1. The normalized spacial score (nSPS) is 23.5. The number of nitrogens with zero attached hydrogens (tertiary/aromatic N) is 4. The van der Waals surface area contributed by atoms with E-state index in [0.29, 0.717) is 31.2 Å². The Balaban J connectivity index is 0.00000210. The lowest BCUT2D eigenvalue weighted by atomic mass is 10.1. The van der Waals surface area contributed by atoms with Gasteiger partial charge in [-0.1, -0.05) is 35.0 Å². The zero-order valence-corrected chi connectivity index (χ0v) is 16.5. The minimum Gasteiger partial charge on any atom is -0.339 e. The summed E-state index contributed by atoms with van der Waals surface area (Å²) in [5.41, 5.74) is 2.37. The second-order valence-corrected chi connectivity index (χ2v) is 7.35. The van der Waals surface area contributed by atoms with E-state index in [1.807, 2.05) is 4.90 Å². The predicted molar refractivity (Wildman–Crippen MR) is 104 cm³/mol. The van der Waals surface area contributed by atoms with Crippen molar-refractivity contribution in [1.29, 1.82) is 0 Å². The average Bonchev–Trinajstić information content (AvgIpc) is 3.25. The summed E-state index contributed by atoms with van der Waals surface area (Å²) in [6, 6.07) is 8.43. The standard InChI is InChI=1S/C19H25N5O2.ClH/c1-13-3-5-14(6-4-13)11-24-12-15(9-17(24)25)19-21-18(22-26-19)16-10-20-7-8-23(16)2;/h3-6,15-16,20H,7-12H2,1-2H3;1H. The van der Waals surface area contributed by atoms with Crippen LogP contribution in [-0.2, 0) is 11.3 Å². The Bertz CT molecular complexity index is 779. The number of hydrogen-bond acceptors (Lipinski definition) is 6. The smallest absolute Gasteiger partial charge is 0.232 e. The number of rotatable bonds is 4. The first-order valence-corrected chi connectivity index (χ1v) is 9.18. The first kappa shape index (κ1) is 19.8. The maximum Gasteiger partial charge on any atom is 0.232 e. The number of hydrogen-bond donors (Lipinski definition) is 1. The third-order valence-corrected chi connectivity index (χ3v) is 5.32. The van der Waals surface area contributed by atoms with Crippen LogP contribution in [-0.4, -0.2) is 59.1 Å². The Hall–Kier alpha value is -1.96. The molecule has 2 aromatic rings. The fourth-order valence-corrected chi connectivity index (χ4v) is 3.65. The number of carbonyl (C=O) groups is 1. The average molecular weight is 392 g/mol. The Morgan fingerprint density at radius 1 is 1.30 bits per heavy atom. The van der Waals surface area contributed by atoms with Crippen LogP contribution in [0.15, 0.2) is 28.8 Å². The van der Waals surface area contributed by atoms with Gasteiger partial charge in [-0.05, 0) is 19.5 Å². The summed E-state index contributed by atoms with van der Waals surface area (Å²) in [7, 11) is 2.07. The lowest BCUT2D eigenvalue weighted by molar-refractivity contribution is -0.128. The Morgan fingerprint density at radius 3 is 2.81 bits per heavy atom. The molecule has 1 N–H and O–H groups in total. The monoisotopic (exact) mass is 391 g/mol. The van der Waals surface area contributed by atoms with E-state index in [9.17, 15) is 4.79 Å². The predicted octanol–water partition coefficient (Wildman–Crippen LogP) is 1.89. The molecule has 0 bridgehead atoms. The molecule has 1 aromatic heterocycles. The quantitative estimate of drug-likeness (QED) is 0.857. The van der Waals surface area contributed by atoms with Crippen molar-refractivity contribution in [2.75, 3.05) is 33.2 Å². The molecule has 0 saturated carbocycles. The van der Waals surface area contributed by atoms with E-state index in [-0.39, 0.29) is 30.3 Å². The topological polar surface area (TPSA) is 74.5 Å². The van der Waals surface area contributed by atoms with Crippen molar-refractivity contribution < 1.29 is 9.32 Å². The highest BCUT2D eigenvalue weighted by atomic mass is 35.5. The van der Waals surface area contributed by atoms with Crippen LogP contribution in [0.25, 0.3) is 0 Å². The van der Waals surface area contributed by atoms with Gasteiger partial charge in [0.05, 0.1) is 12.0 Å². The summed E-state index contributed by atoms with van der Waals surface area (Å²) in [5.74, 6) is 1.42. The molecule has 2 aliphatic heterocycles. The van der Waals surface area contributed by atoms with Gasteiger partial charge in [0.25, 0.3) is 0 Å². The third kappa shape index (κ3) is 4.31. The fourth-order valence-electron chi connectivity index (χ4n) is 3.65. The van der Waals surface area contributed by atoms with Gasteiger partial charge in [0, 0.05) is 39.1 Å². The second-order valence-electron chi connectivity index (χ2n) is 7.35. The molecule has 0 radical (unpaired) electrons. The molecule has 2 unspecified atom stereocenters. The number of aromatic nitrogens is 2. The number of benzene rings is 1. The maximum atomic E-state index is 12.4. The molecule has 2 saturated heterocycles. The molecule has 27 heavy (non-hydrogen) atoms. The number of nitrogens with one attached hydrogen (secondary N) is 1. The van der Waals surface area contributed by atoms with Crippen LogP contribution in [0.3, 0.4) is 0 Å². The van der Waals surface area contributed by atoms with Crippen LogP contribution in [0.5, 0.6) is 0 Å². The highest BCUT2D eigenvalue weighted by Crippen LogP contribution is 2.29. The van der Waals surface area contributed by atoms with Crippen LogP contribution in [0.1, 0.15) is 41.2 Å². The van der Waals surface area contributed by atoms with E-state index < -0.39 is 0 Å². The largest absolute Gasteiger partial charge is 0.339 e. The van der Waals surface area contributed by atoms with Gasteiger partial charge in [-0.15, -0.1) is 12.4 Å². The summed E-state index contributed by atoms with van der Waals surface area (Å²) in [6.07, 6.45) is 0.437. The summed E-state index contributed by atoms with van der Waals surface area (Å²) in [4.78, 5) is 21.1. The van der Waals surface area contributed by atoms with Crippen molar-refractivity contribution in [1.82, 2.24) is 25.3 Å². The molecule has 3 heterocycles. The Morgan fingerprint density at radius 2 is 2.07 bits per heavy atom. The van der Waals surface area contributed by atoms with Gasteiger partial charge in [-0.25, -0.2) is 0 Å². The highest BCUT2D eigenvalue weighted by Gasteiger charge is 2.35. The lowest BCUT2D eigenvalue weighted by Crippen LogP contribution is -2.44. The van der Waals surface area contributed by atoms with Gasteiger partial charge in [-0.2, -0.15) is 4.98 Å². The van der Waals surface area contributed by atoms with E-state index in [1.165, 1.54) is 5.56 Å². The van der Waals surface area contributed by atoms with Gasteiger partial charge >= 0.3 is 0 Å². The maximum absolute atomic E-state index is 12.4. The molecular formula is C19H26ClN5O2. The molecule has 2 atom stereocenters. The van der Waals surface area contributed by atoms with Crippen LogP contribution < -0.4 is 5.32 Å². The third-order valence-electron chi connectivity index (χ3n) is 5.32. The molecule has 7 nitrogen and oxygen atoms in total. The molecule has 146 valence electrons. The van der Waals surface area contributed by atoms with Crippen LogP contribution in [0.2, 0.25) is 0 Å². The highest BCUT2D eigenvalue weighted by molar-refractivity contribution is 5.85. The molecular weight excluding hydrogens is 366 g/mol. The SMILES string of the molecule is Cc1ccc(CN2CC(c3nc(C4CNCCN4C)no3)CC2=O)cc1.Cl. The van der Waals surface area contributed by atoms with Crippen molar-refractivity contribution in [3.8, 4) is 0 Å². The minimum absolute atomic E-state index is 0. The van der Waals surface area contributed by atoms with E-state index in [1.54, 1.807) is 0 Å². The van der Waals surface area contributed by atoms with Crippen molar-refractivity contribution in [2.45, 2.75) is 31.8 Å². The molecule has 4 rings (SSSR count). The Kier molecular flexibility index (Phi) is 6.14. The molecule has 2 aliphatic rings. The number of likely N-dealkylation sites (tertiary alicyclic amines) is 1. The van der Waals surface area contributed by atoms with Crippen molar-refractivity contribution >= 4 is 18.3 Å². The number of piperazine rings is 1. The van der Waals surface area contributed by atoms with Crippen molar-refractivity contribution in [3.05, 3.63) is 47.1 Å². The van der Waals surface area contributed by atoms with Gasteiger partial charge in [0.15, 0.2) is 5.82 Å². The second kappa shape index (κ2) is 8.37. The zero-order valence-electron chi connectivity index (χ0n) is 15.7. The summed E-state index contributed by atoms with van der Waals surface area (Å²) < 4.78 is 5.52. The summed E-state index contributed by atoms with van der Waals surface area (Å²) >= 11 is 0. The van der Waals surface area contributed by atoms with Gasteiger partial charge in [-0.3, -0.25) is 9.69 Å². The molecule has 0 aliphatic carbocycles. The zero-order chi connectivity index (χ0) is 18.1. The van der Waals surface area contributed by atoms with E-state index >= 15 is 0 Å². The van der Waals surface area contributed by atoms with E-state index in [4.69, 9.17) is 4.52 Å². The van der Waals surface area contributed by atoms with Gasteiger partial charge in [0.1, 0.15) is 0 Å². The summed E-state index contributed by atoms with van der Waals surface area (Å²) in [6.45, 7) is 6.08. The molecule has 8 heteroatoms. The number of amides is 1. The number of halogens is 1. The fraction of sp³-hybridized carbons (Fsp3) is 0.526. The van der Waals surface area contributed by atoms with Crippen LogP contribution in [0.4, 0.5) is 0 Å². The van der Waals surface area contributed by atoms with Crippen molar-refractivity contribution in [2.24, 2.45) is 0 Å². The number of carbonyl (C=O) groups excluding carboxylic acids is 1. The van der Waals surface area contributed by atoms with Crippen LogP contribution in [0, 0.1) is 6.92 Å². The van der Waals surface area contributed by atoms with E-state index in [2.05, 4.69) is 58.6 Å². The molecule has 2 fully saturated rings. The van der Waals surface area contributed by atoms with Gasteiger partial charge in [0.2, 0.25) is 11.8 Å². The first-order chi connectivity index (χ1) is 12.6. The van der Waals surface area contributed by atoms with Crippen molar-refractivity contribution in [3.63, 3.8) is 0 Å². The molecule has 1 aromatic carbocycles. The molecule has 0 spiro atoms. The minimum atomic E-state index is -0.0175. The van der Waals surface area contributed by atoms with Crippen LogP contribution >= 0.6 is 12.4 Å². The number of likely N-dealkylation sites (N-methyl/N-ethyl adjacent to an activating group) is 1. The Labute approximate surface area is 165 Å².